The average Bonchev–Trinajstić information content (AvgIpc) is 2.46. The summed E-state index contributed by atoms with van der Waals surface area (Å²) in [6, 6.07) is 11.0. The second kappa shape index (κ2) is 6.10. The highest BCUT2D eigenvalue weighted by Gasteiger charge is 2.26. The molecule has 0 spiro atoms. The third kappa shape index (κ3) is 3.31. The zero-order chi connectivity index (χ0) is 14.7. The summed E-state index contributed by atoms with van der Waals surface area (Å²) in [5.41, 5.74) is 2.50. The highest BCUT2D eigenvalue weighted by molar-refractivity contribution is 5.45. The number of aryl methyl sites for hydroxylation is 1. The fraction of sp³-hybridized carbons (Fsp3) is 0.375. The summed E-state index contributed by atoms with van der Waals surface area (Å²) in [5.74, 6) is 1.67. The zero-order valence-corrected chi connectivity index (χ0v) is 12.5. The van der Waals surface area contributed by atoms with Gasteiger partial charge in [0.25, 0.3) is 0 Å². The fourth-order valence-corrected chi connectivity index (χ4v) is 2.35. The molecular formula is C16H21N5. The van der Waals surface area contributed by atoms with Crippen LogP contribution in [-0.2, 0) is 6.54 Å². The number of anilines is 2. The van der Waals surface area contributed by atoms with E-state index in [2.05, 4.69) is 56.7 Å². The molecule has 1 aliphatic heterocycles. The monoisotopic (exact) mass is 283 g/mol. The highest BCUT2D eigenvalue weighted by atomic mass is 15.3. The van der Waals surface area contributed by atoms with E-state index in [-0.39, 0.29) is 0 Å². The first-order valence-electron chi connectivity index (χ1n) is 7.29. The normalized spacial score (nSPS) is 14.9. The van der Waals surface area contributed by atoms with Crippen LogP contribution in [-0.4, -0.2) is 36.1 Å². The standard InChI is InChI=1S/C16H21N5/c1-12-3-5-13(6-4-12)9-19-16-18-8-7-15(20-16)21-10-14(11-21)17-2/h3-8,14,17H,9-11H2,1-2H3,(H,18,19,20). The quantitative estimate of drug-likeness (QED) is 0.876. The Bertz CT molecular complexity index is 590. The first kappa shape index (κ1) is 13.8. The molecule has 1 fully saturated rings. The van der Waals surface area contributed by atoms with Crippen molar-refractivity contribution in [2.45, 2.75) is 19.5 Å². The van der Waals surface area contributed by atoms with Crippen molar-refractivity contribution in [2.75, 3.05) is 30.4 Å². The van der Waals surface area contributed by atoms with Crippen molar-refractivity contribution in [3.63, 3.8) is 0 Å². The van der Waals surface area contributed by atoms with Crippen LogP contribution in [0.4, 0.5) is 11.8 Å². The molecule has 5 nitrogen and oxygen atoms in total. The lowest BCUT2D eigenvalue weighted by Crippen LogP contribution is -2.57. The number of benzene rings is 1. The maximum Gasteiger partial charge on any atom is 0.224 e. The summed E-state index contributed by atoms with van der Waals surface area (Å²) >= 11 is 0. The Kier molecular flexibility index (Phi) is 4.01. The van der Waals surface area contributed by atoms with E-state index >= 15 is 0 Å². The van der Waals surface area contributed by atoms with Gasteiger partial charge in [-0.1, -0.05) is 29.8 Å². The molecule has 2 N–H and O–H groups in total. The number of rotatable bonds is 5. The molecule has 1 aromatic carbocycles. The van der Waals surface area contributed by atoms with E-state index in [1.54, 1.807) is 0 Å². The van der Waals surface area contributed by atoms with Crippen molar-refractivity contribution in [1.29, 1.82) is 0 Å². The van der Waals surface area contributed by atoms with Crippen molar-refractivity contribution in [3.8, 4) is 0 Å². The minimum atomic E-state index is 0.573. The van der Waals surface area contributed by atoms with Gasteiger partial charge in [0.15, 0.2) is 0 Å². The molecule has 0 atom stereocenters. The van der Waals surface area contributed by atoms with Crippen LogP contribution in [0.1, 0.15) is 11.1 Å². The Labute approximate surface area is 125 Å². The number of hydrogen-bond donors (Lipinski definition) is 2. The van der Waals surface area contributed by atoms with Crippen LogP contribution in [0.15, 0.2) is 36.5 Å². The molecule has 21 heavy (non-hydrogen) atoms. The Hall–Kier alpha value is -2.14. The molecule has 1 aromatic heterocycles. The Morgan fingerprint density at radius 1 is 1.19 bits per heavy atom. The van der Waals surface area contributed by atoms with Gasteiger partial charge in [-0.2, -0.15) is 4.98 Å². The minimum absolute atomic E-state index is 0.573. The van der Waals surface area contributed by atoms with Gasteiger partial charge in [0.2, 0.25) is 5.95 Å². The summed E-state index contributed by atoms with van der Waals surface area (Å²) in [5, 5.41) is 6.55. The predicted molar refractivity (Wildman–Crippen MR) is 85.6 cm³/mol. The summed E-state index contributed by atoms with van der Waals surface area (Å²) in [6.07, 6.45) is 1.81. The number of hydrogen-bond acceptors (Lipinski definition) is 5. The van der Waals surface area contributed by atoms with Crippen LogP contribution >= 0.6 is 0 Å². The Morgan fingerprint density at radius 2 is 1.95 bits per heavy atom. The van der Waals surface area contributed by atoms with Gasteiger partial charge < -0.3 is 15.5 Å². The third-order valence-corrected chi connectivity index (χ3v) is 3.83. The molecular weight excluding hydrogens is 262 g/mol. The number of nitrogens with one attached hydrogen (secondary N) is 2. The van der Waals surface area contributed by atoms with E-state index < -0.39 is 0 Å². The SMILES string of the molecule is CNC1CN(c2ccnc(NCc3ccc(C)cc3)n2)C1. The predicted octanol–water partition coefficient (Wildman–Crippen LogP) is 1.81. The molecule has 2 aromatic rings. The van der Waals surface area contributed by atoms with Crippen LogP contribution in [0.3, 0.4) is 0 Å². The van der Waals surface area contributed by atoms with Gasteiger partial charge in [-0.05, 0) is 25.6 Å². The lowest BCUT2D eigenvalue weighted by Gasteiger charge is -2.39. The molecule has 1 aliphatic rings. The first-order valence-corrected chi connectivity index (χ1v) is 7.29. The van der Waals surface area contributed by atoms with Crippen molar-refractivity contribution in [2.24, 2.45) is 0 Å². The summed E-state index contributed by atoms with van der Waals surface area (Å²) in [7, 11) is 2.00. The topological polar surface area (TPSA) is 53.1 Å². The third-order valence-electron chi connectivity index (χ3n) is 3.83. The van der Waals surface area contributed by atoms with Crippen molar-refractivity contribution < 1.29 is 0 Å². The number of likely N-dealkylation sites (N-methyl/N-ethyl adjacent to an activating group) is 1. The summed E-state index contributed by atoms with van der Waals surface area (Å²) < 4.78 is 0. The lowest BCUT2D eigenvalue weighted by atomic mass is 10.1. The largest absolute Gasteiger partial charge is 0.353 e. The number of nitrogens with zero attached hydrogens (tertiary/aromatic N) is 3. The lowest BCUT2D eigenvalue weighted by molar-refractivity contribution is 0.447. The fourth-order valence-electron chi connectivity index (χ4n) is 2.35. The van der Waals surface area contributed by atoms with Gasteiger partial charge in [0.1, 0.15) is 5.82 Å². The molecule has 3 rings (SSSR count). The molecule has 2 heterocycles. The molecule has 0 amide bonds. The van der Waals surface area contributed by atoms with Crippen molar-refractivity contribution in [1.82, 2.24) is 15.3 Å². The van der Waals surface area contributed by atoms with Gasteiger partial charge >= 0.3 is 0 Å². The van der Waals surface area contributed by atoms with Gasteiger partial charge in [-0.15, -0.1) is 0 Å². The smallest absolute Gasteiger partial charge is 0.224 e. The summed E-state index contributed by atoms with van der Waals surface area (Å²) in [4.78, 5) is 11.1. The van der Waals surface area contributed by atoms with Crippen LogP contribution in [0.5, 0.6) is 0 Å². The molecule has 0 bridgehead atoms. The zero-order valence-electron chi connectivity index (χ0n) is 12.5. The highest BCUT2D eigenvalue weighted by Crippen LogP contribution is 2.19. The average molecular weight is 283 g/mol. The van der Waals surface area contributed by atoms with Gasteiger partial charge in [-0.25, -0.2) is 4.98 Å². The maximum absolute atomic E-state index is 4.57. The van der Waals surface area contributed by atoms with Crippen LogP contribution in [0.25, 0.3) is 0 Å². The van der Waals surface area contributed by atoms with Gasteiger partial charge in [0, 0.05) is 31.9 Å². The second-order valence-electron chi connectivity index (χ2n) is 5.47. The first-order chi connectivity index (χ1) is 10.2. The van der Waals surface area contributed by atoms with Crippen molar-refractivity contribution in [3.05, 3.63) is 47.7 Å². The Morgan fingerprint density at radius 3 is 2.67 bits per heavy atom. The van der Waals surface area contributed by atoms with Crippen molar-refractivity contribution >= 4 is 11.8 Å². The molecule has 1 saturated heterocycles. The van der Waals surface area contributed by atoms with Crippen LogP contribution < -0.4 is 15.5 Å². The van der Waals surface area contributed by atoms with E-state index in [0.29, 0.717) is 12.0 Å². The van der Waals surface area contributed by atoms with Gasteiger partial charge in [0.05, 0.1) is 0 Å². The molecule has 5 heteroatoms. The minimum Gasteiger partial charge on any atom is -0.353 e. The molecule has 110 valence electrons. The van der Waals surface area contributed by atoms with E-state index in [9.17, 15) is 0 Å². The van der Waals surface area contributed by atoms with E-state index in [4.69, 9.17) is 0 Å². The van der Waals surface area contributed by atoms with Gasteiger partial charge in [-0.3, -0.25) is 0 Å². The Balaban J connectivity index is 1.60. The molecule has 0 unspecified atom stereocenters. The van der Waals surface area contributed by atoms with E-state index in [1.165, 1.54) is 11.1 Å². The molecule has 0 radical (unpaired) electrons. The maximum atomic E-state index is 4.57. The van der Waals surface area contributed by atoms with Crippen LogP contribution in [0, 0.1) is 6.92 Å². The number of aromatic nitrogens is 2. The summed E-state index contributed by atoms with van der Waals surface area (Å²) in [6.45, 7) is 4.84. The molecule has 0 aliphatic carbocycles. The molecule has 0 saturated carbocycles. The second-order valence-corrected chi connectivity index (χ2v) is 5.47. The van der Waals surface area contributed by atoms with Crippen LogP contribution in [0.2, 0.25) is 0 Å². The van der Waals surface area contributed by atoms with E-state index in [0.717, 1.165) is 25.5 Å². The van der Waals surface area contributed by atoms with E-state index in [1.807, 2.05) is 19.3 Å².